The zero-order valence-electron chi connectivity index (χ0n) is 16.4. The number of fused-ring (bicyclic) bond motifs is 1. The lowest BCUT2D eigenvalue weighted by Gasteiger charge is -2.13. The number of halogens is 1. The molecular weight excluding hydrogens is 468 g/mol. The molecule has 2 aromatic heterocycles. The van der Waals surface area contributed by atoms with Gasteiger partial charge in [-0.25, -0.2) is 17.4 Å². The van der Waals surface area contributed by atoms with Crippen molar-refractivity contribution in [2.75, 3.05) is 14.2 Å². The van der Waals surface area contributed by atoms with E-state index in [0.29, 0.717) is 39.4 Å². The molecule has 0 spiro atoms. The minimum Gasteiger partial charge on any atom is -0.493 e. The molecule has 2 aromatic carbocycles. The van der Waals surface area contributed by atoms with Crippen molar-refractivity contribution < 1.29 is 17.9 Å². The van der Waals surface area contributed by atoms with E-state index in [2.05, 4.69) is 20.9 Å². The van der Waals surface area contributed by atoms with Gasteiger partial charge in [0.05, 0.1) is 25.7 Å². The summed E-state index contributed by atoms with van der Waals surface area (Å²) in [5, 5.41) is 0.714. The standard InChI is InChI=1S/C22H19BrN2O4S/c1-28-20-9-8-16(12-21(20)29-2)19-11-17-10-18(23)13-24-22(17)25(19)30(26,27)14-15-6-4-3-5-7-15/h3-13H,14H2,1-2H3. The zero-order valence-corrected chi connectivity index (χ0v) is 18.8. The summed E-state index contributed by atoms with van der Waals surface area (Å²) >= 11 is 3.41. The van der Waals surface area contributed by atoms with E-state index in [0.717, 1.165) is 4.47 Å². The molecule has 0 unspecified atom stereocenters. The van der Waals surface area contributed by atoms with Gasteiger partial charge in [-0.1, -0.05) is 30.3 Å². The van der Waals surface area contributed by atoms with Crippen LogP contribution in [-0.4, -0.2) is 31.6 Å². The summed E-state index contributed by atoms with van der Waals surface area (Å²) < 4.78 is 39.8. The van der Waals surface area contributed by atoms with E-state index in [4.69, 9.17) is 9.47 Å². The van der Waals surface area contributed by atoms with Crippen LogP contribution in [0.2, 0.25) is 0 Å². The minimum absolute atomic E-state index is 0.143. The largest absolute Gasteiger partial charge is 0.493 e. The summed E-state index contributed by atoms with van der Waals surface area (Å²) in [6, 6.07) is 18.1. The number of aromatic nitrogens is 2. The second-order valence-corrected chi connectivity index (χ2v) is 9.41. The maximum atomic E-state index is 13.5. The molecule has 0 saturated carbocycles. The predicted octanol–water partition coefficient (Wildman–Crippen LogP) is 4.86. The molecule has 2 heterocycles. The number of ether oxygens (including phenoxy) is 2. The van der Waals surface area contributed by atoms with Crippen LogP contribution in [0.5, 0.6) is 11.5 Å². The number of rotatable bonds is 6. The summed E-state index contributed by atoms with van der Waals surface area (Å²) in [6.07, 6.45) is 1.59. The van der Waals surface area contributed by atoms with Crippen molar-refractivity contribution in [1.29, 1.82) is 0 Å². The van der Waals surface area contributed by atoms with Gasteiger partial charge < -0.3 is 9.47 Å². The van der Waals surface area contributed by atoms with Crippen LogP contribution in [0.1, 0.15) is 5.56 Å². The van der Waals surface area contributed by atoms with Crippen LogP contribution in [0.3, 0.4) is 0 Å². The van der Waals surface area contributed by atoms with Gasteiger partial charge in [0.25, 0.3) is 0 Å². The van der Waals surface area contributed by atoms with Crippen molar-refractivity contribution in [3.05, 3.63) is 76.9 Å². The quantitative estimate of drug-likeness (QED) is 0.389. The van der Waals surface area contributed by atoms with Crippen molar-refractivity contribution in [1.82, 2.24) is 8.96 Å². The molecule has 30 heavy (non-hydrogen) atoms. The minimum atomic E-state index is -3.76. The van der Waals surface area contributed by atoms with Crippen LogP contribution in [0, 0.1) is 0 Å². The fraction of sp³-hybridized carbons (Fsp3) is 0.136. The molecule has 4 aromatic rings. The molecule has 0 amide bonds. The second kappa shape index (κ2) is 8.12. The van der Waals surface area contributed by atoms with Gasteiger partial charge in [-0.05, 0) is 51.8 Å². The molecule has 8 heteroatoms. The Morgan fingerprint density at radius 1 is 0.967 bits per heavy atom. The highest BCUT2D eigenvalue weighted by Gasteiger charge is 2.24. The van der Waals surface area contributed by atoms with Gasteiger partial charge in [-0.15, -0.1) is 0 Å². The van der Waals surface area contributed by atoms with Crippen LogP contribution in [0.4, 0.5) is 0 Å². The van der Waals surface area contributed by atoms with E-state index in [1.807, 2.05) is 30.3 Å². The van der Waals surface area contributed by atoms with E-state index < -0.39 is 10.0 Å². The van der Waals surface area contributed by atoms with E-state index in [1.54, 1.807) is 50.7 Å². The molecule has 0 atom stereocenters. The summed E-state index contributed by atoms with van der Waals surface area (Å²) in [4.78, 5) is 4.39. The summed E-state index contributed by atoms with van der Waals surface area (Å²) in [5.74, 6) is 0.939. The number of nitrogens with zero attached hydrogens (tertiary/aromatic N) is 2. The SMILES string of the molecule is COc1ccc(-c2cc3cc(Br)cnc3n2S(=O)(=O)Cc2ccccc2)cc1OC. The maximum Gasteiger partial charge on any atom is 0.244 e. The molecule has 0 bridgehead atoms. The molecule has 0 aliphatic heterocycles. The Bertz CT molecular complexity index is 1320. The van der Waals surface area contributed by atoms with E-state index in [-0.39, 0.29) is 5.75 Å². The average molecular weight is 487 g/mol. The Balaban J connectivity index is 1.94. The highest BCUT2D eigenvalue weighted by molar-refractivity contribution is 9.10. The van der Waals surface area contributed by atoms with E-state index in [1.165, 1.54) is 3.97 Å². The molecular formula is C22H19BrN2O4S. The fourth-order valence-electron chi connectivity index (χ4n) is 3.37. The number of methoxy groups -OCH3 is 2. The van der Waals surface area contributed by atoms with Crippen molar-refractivity contribution in [3.8, 4) is 22.8 Å². The summed E-state index contributed by atoms with van der Waals surface area (Å²) in [6.45, 7) is 0. The van der Waals surface area contributed by atoms with Crippen LogP contribution in [0.15, 0.2) is 71.3 Å². The van der Waals surface area contributed by atoms with E-state index >= 15 is 0 Å². The van der Waals surface area contributed by atoms with Gasteiger partial charge >= 0.3 is 0 Å². The van der Waals surface area contributed by atoms with Gasteiger partial charge in [-0.2, -0.15) is 0 Å². The molecule has 0 N–H and O–H groups in total. The van der Waals surface area contributed by atoms with Crippen molar-refractivity contribution in [2.45, 2.75) is 5.75 Å². The third kappa shape index (κ3) is 3.80. The van der Waals surface area contributed by atoms with Crippen LogP contribution in [-0.2, 0) is 15.8 Å². The second-order valence-electron chi connectivity index (χ2n) is 6.67. The maximum absolute atomic E-state index is 13.5. The van der Waals surface area contributed by atoms with Gasteiger partial charge in [0.1, 0.15) is 0 Å². The molecule has 6 nitrogen and oxygen atoms in total. The first-order valence-electron chi connectivity index (χ1n) is 9.09. The van der Waals surface area contributed by atoms with Crippen molar-refractivity contribution in [3.63, 3.8) is 0 Å². The highest BCUT2D eigenvalue weighted by atomic mass is 79.9. The first kappa shape index (κ1) is 20.4. The Hall–Kier alpha value is -2.84. The lowest BCUT2D eigenvalue weighted by Crippen LogP contribution is -2.16. The van der Waals surface area contributed by atoms with Gasteiger partial charge in [-0.3, -0.25) is 0 Å². The van der Waals surface area contributed by atoms with Crippen LogP contribution in [0.25, 0.3) is 22.3 Å². The summed E-state index contributed by atoms with van der Waals surface area (Å²) in [7, 11) is -0.657. The van der Waals surface area contributed by atoms with Crippen molar-refractivity contribution in [2.24, 2.45) is 0 Å². The average Bonchev–Trinajstić information content (AvgIpc) is 3.13. The Morgan fingerprint density at radius 3 is 2.40 bits per heavy atom. The Labute approximate surface area is 183 Å². The Morgan fingerprint density at radius 2 is 1.70 bits per heavy atom. The Kier molecular flexibility index (Phi) is 5.53. The first-order valence-corrected chi connectivity index (χ1v) is 11.5. The lowest BCUT2D eigenvalue weighted by atomic mass is 10.1. The normalized spacial score (nSPS) is 11.6. The summed E-state index contributed by atoms with van der Waals surface area (Å²) in [5.41, 5.74) is 2.26. The van der Waals surface area contributed by atoms with Crippen molar-refractivity contribution >= 4 is 37.0 Å². The number of pyridine rings is 1. The van der Waals surface area contributed by atoms with Crippen LogP contribution < -0.4 is 9.47 Å². The molecule has 154 valence electrons. The molecule has 4 rings (SSSR count). The number of benzene rings is 2. The number of hydrogen-bond acceptors (Lipinski definition) is 5. The third-order valence-corrected chi connectivity index (χ3v) is 6.77. The smallest absolute Gasteiger partial charge is 0.244 e. The molecule has 0 radical (unpaired) electrons. The molecule has 0 aliphatic carbocycles. The molecule has 0 saturated heterocycles. The first-order chi connectivity index (χ1) is 14.4. The molecule has 0 aliphatic rings. The van der Waals surface area contributed by atoms with Gasteiger partial charge in [0, 0.05) is 21.6 Å². The topological polar surface area (TPSA) is 70.4 Å². The lowest BCUT2D eigenvalue weighted by molar-refractivity contribution is 0.355. The fourth-order valence-corrected chi connectivity index (χ4v) is 5.34. The predicted molar refractivity (Wildman–Crippen MR) is 120 cm³/mol. The monoisotopic (exact) mass is 486 g/mol. The molecule has 0 fully saturated rings. The zero-order chi connectivity index (χ0) is 21.3. The third-order valence-electron chi connectivity index (χ3n) is 4.71. The highest BCUT2D eigenvalue weighted by Crippen LogP contribution is 2.36. The van der Waals surface area contributed by atoms with Gasteiger partial charge in [0.2, 0.25) is 10.0 Å². The van der Waals surface area contributed by atoms with E-state index in [9.17, 15) is 8.42 Å². The van der Waals surface area contributed by atoms with Gasteiger partial charge in [0.15, 0.2) is 17.1 Å². The number of hydrogen-bond donors (Lipinski definition) is 0. The van der Waals surface area contributed by atoms with Crippen LogP contribution >= 0.6 is 15.9 Å².